The van der Waals surface area contributed by atoms with Crippen LogP contribution in [0.15, 0.2) is 75.3 Å². The van der Waals surface area contributed by atoms with Crippen LogP contribution in [-0.4, -0.2) is 16.9 Å². The molecule has 1 aromatic heterocycles. The summed E-state index contributed by atoms with van der Waals surface area (Å²) in [5.74, 6) is -1.52. The zero-order valence-electron chi connectivity index (χ0n) is 16.4. The number of hydrogen-bond acceptors (Lipinski definition) is 5. The number of carbonyl (C=O) groups excluding carboxylic acids is 2. The van der Waals surface area contributed by atoms with Crippen molar-refractivity contribution in [2.45, 2.75) is 15.3 Å². The number of nitrogens with one attached hydrogen (secondary N) is 1. The summed E-state index contributed by atoms with van der Waals surface area (Å²) in [5, 5.41) is 2.71. The van der Waals surface area contributed by atoms with Crippen LogP contribution in [0.4, 0.5) is 18.9 Å². The molecular formula is C22H12ClF3N2O2S3. The van der Waals surface area contributed by atoms with E-state index in [1.54, 1.807) is 18.2 Å². The Hall–Kier alpha value is -2.66. The topological polar surface area (TPSA) is 49.4 Å². The van der Waals surface area contributed by atoms with E-state index in [4.69, 9.17) is 23.8 Å². The molecule has 1 saturated heterocycles. The summed E-state index contributed by atoms with van der Waals surface area (Å²) in [4.78, 5) is 28.0. The molecule has 1 N–H and O–H groups in total. The lowest BCUT2D eigenvalue weighted by Gasteiger charge is -2.29. The van der Waals surface area contributed by atoms with Gasteiger partial charge in [-0.05, 0) is 72.9 Å². The predicted octanol–water partition coefficient (Wildman–Crippen LogP) is 6.40. The largest absolute Gasteiger partial charge is 0.416 e. The number of halogens is 4. The van der Waals surface area contributed by atoms with Gasteiger partial charge in [0.15, 0.2) is 5.11 Å². The van der Waals surface area contributed by atoms with Crippen LogP contribution in [0.3, 0.4) is 0 Å². The minimum atomic E-state index is -4.59. The number of carbonyl (C=O) groups is 2. The molecule has 0 spiro atoms. The van der Waals surface area contributed by atoms with E-state index in [1.807, 2.05) is 18.2 Å². The second-order valence-electron chi connectivity index (χ2n) is 6.72. The predicted molar refractivity (Wildman–Crippen MR) is 128 cm³/mol. The van der Waals surface area contributed by atoms with Crippen molar-refractivity contribution in [2.75, 3.05) is 4.90 Å². The highest BCUT2D eigenvalue weighted by molar-refractivity contribution is 8.01. The number of anilines is 1. The minimum Gasteiger partial charge on any atom is -0.298 e. The first-order valence-electron chi connectivity index (χ1n) is 9.24. The second kappa shape index (κ2) is 9.30. The van der Waals surface area contributed by atoms with Crippen molar-refractivity contribution in [2.24, 2.45) is 0 Å². The lowest BCUT2D eigenvalue weighted by Crippen LogP contribution is -2.54. The minimum absolute atomic E-state index is 0.0871. The molecule has 33 heavy (non-hydrogen) atoms. The molecule has 0 atom stereocenters. The van der Waals surface area contributed by atoms with Gasteiger partial charge < -0.3 is 0 Å². The molecule has 2 amide bonds. The number of thiophene rings is 1. The molecular weight excluding hydrogens is 513 g/mol. The van der Waals surface area contributed by atoms with E-state index in [-0.39, 0.29) is 16.4 Å². The maximum absolute atomic E-state index is 13.1. The number of amides is 2. The fraction of sp³-hybridized carbons (Fsp3) is 0.0455. The zero-order valence-corrected chi connectivity index (χ0v) is 19.6. The molecule has 4 rings (SSSR count). The smallest absolute Gasteiger partial charge is 0.298 e. The highest BCUT2D eigenvalue weighted by Gasteiger charge is 2.36. The van der Waals surface area contributed by atoms with Gasteiger partial charge in [0.25, 0.3) is 11.8 Å². The van der Waals surface area contributed by atoms with E-state index in [9.17, 15) is 22.8 Å². The molecule has 1 aliphatic heterocycles. The third kappa shape index (κ3) is 5.30. The summed E-state index contributed by atoms with van der Waals surface area (Å²) in [6.45, 7) is 0. The van der Waals surface area contributed by atoms with Gasteiger partial charge in [-0.2, -0.15) is 13.2 Å². The Morgan fingerprint density at radius 3 is 2.48 bits per heavy atom. The van der Waals surface area contributed by atoms with Crippen LogP contribution in [0.5, 0.6) is 0 Å². The fourth-order valence-electron chi connectivity index (χ4n) is 2.94. The Morgan fingerprint density at radius 1 is 1.06 bits per heavy atom. The molecule has 0 bridgehead atoms. The first-order valence-corrected chi connectivity index (χ1v) is 11.7. The Bertz CT molecular complexity index is 1290. The molecule has 1 fully saturated rings. The number of rotatable bonds is 4. The Balaban J connectivity index is 1.61. The summed E-state index contributed by atoms with van der Waals surface area (Å²) in [6.07, 6.45) is -3.19. The van der Waals surface area contributed by atoms with Gasteiger partial charge in [-0.15, -0.1) is 11.3 Å². The zero-order chi connectivity index (χ0) is 23.8. The van der Waals surface area contributed by atoms with Gasteiger partial charge in [-0.25, -0.2) is 0 Å². The molecule has 4 nitrogen and oxygen atoms in total. The fourth-order valence-corrected chi connectivity index (χ4v) is 5.41. The van der Waals surface area contributed by atoms with Crippen molar-refractivity contribution in [3.8, 4) is 0 Å². The Kier molecular flexibility index (Phi) is 6.62. The van der Waals surface area contributed by atoms with E-state index >= 15 is 0 Å². The lowest BCUT2D eigenvalue weighted by molar-refractivity contribution is -0.137. The van der Waals surface area contributed by atoms with Crippen LogP contribution in [0.25, 0.3) is 6.08 Å². The van der Waals surface area contributed by atoms with Gasteiger partial charge in [0.05, 0.1) is 15.5 Å². The van der Waals surface area contributed by atoms with Crippen molar-refractivity contribution in [3.63, 3.8) is 0 Å². The molecule has 2 aromatic carbocycles. The van der Waals surface area contributed by atoms with Crippen molar-refractivity contribution in [3.05, 3.63) is 81.7 Å². The van der Waals surface area contributed by atoms with Crippen molar-refractivity contribution in [1.82, 2.24) is 5.32 Å². The average Bonchev–Trinajstić information content (AvgIpc) is 3.19. The quantitative estimate of drug-likeness (QED) is 0.244. The number of nitrogens with zero attached hydrogens (tertiary/aromatic N) is 1. The van der Waals surface area contributed by atoms with Crippen LogP contribution in [-0.2, 0) is 15.8 Å². The van der Waals surface area contributed by atoms with E-state index in [0.717, 1.165) is 26.1 Å². The van der Waals surface area contributed by atoms with E-state index in [2.05, 4.69) is 5.32 Å². The molecule has 0 radical (unpaired) electrons. The number of benzene rings is 2. The molecule has 11 heteroatoms. The van der Waals surface area contributed by atoms with Crippen LogP contribution >= 0.6 is 46.9 Å². The summed E-state index contributed by atoms with van der Waals surface area (Å²) in [7, 11) is 0. The van der Waals surface area contributed by atoms with E-state index in [0.29, 0.717) is 9.90 Å². The molecule has 0 aliphatic carbocycles. The lowest BCUT2D eigenvalue weighted by atomic mass is 10.1. The monoisotopic (exact) mass is 524 g/mol. The normalized spacial score (nSPS) is 15.8. The molecule has 2 heterocycles. The molecule has 1 aliphatic rings. The number of thiocarbonyl (C=S) groups is 1. The van der Waals surface area contributed by atoms with Crippen molar-refractivity contribution < 1.29 is 22.8 Å². The van der Waals surface area contributed by atoms with E-state index in [1.165, 1.54) is 41.3 Å². The Morgan fingerprint density at radius 2 is 1.79 bits per heavy atom. The van der Waals surface area contributed by atoms with Crippen molar-refractivity contribution in [1.29, 1.82) is 0 Å². The molecule has 168 valence electrons. The van der Waals surface area contributed by atoms with Crippen LogP contribution in [0.1, 0.15) is 10.4 Å². The van der Waals surface area contributed by atoms with E-state index < -0.39 is 23.6 Å². The maximum atomic E-state index is 13.1. The van der Waals surface area contributed by atoms with Crippen LogP contribution in [0, 0.1) is 0 Å². The van der Waals surface area contributed by atoms with Crippen LogP contribution in [0.2, 0.25) is 5.02 Å². The van der Waals surface area contributed by atoms with Gasteiger partial charge in [-0.1, -0.05) is 29.4 Å². The summed E-state index contributed by atoms with van der Waals surface area (Å²) in [6, 6.07) is 15.1. The van der Waals surface area contributed by atoms with Crippen molar-refractivity contribution >= 4 is 75.6 Å². The van der Waals surface area contributed by atoms with Gasteiger partial charge >= 0.3 is 6.18 Å². The SMILES string of the molecule is O=C1NC(=S)N(c2cccc(C(F)(F)F)c2)C(=O)/C1=C/c1ccc(Sc2ccc(Cl)cc2)s1. The number of hydrogen-bond donors (Lipinski definition) is 1. The first-order chi connectivity index (χ1) is 15.6. The van der Waals surface area contributed by atoms with Gasteiger partial charge in [0, 0.05) is 14.8 Å². The highest BCUT2D eigenvalue weighted by atomic mass is 35.5. The summed E-state index contributed by atoms with van der Waals surface area (Å²) < 4.78 is 40.2. The third-order valence-corrected chi connectivity index (χ3v) is 7.16. The molecule has 0 unspecified atom stereocenters. The second-order valence-corrected chi connectivity index (χ2v) is 10.0. The summed E-state index contributed by atoms with van der Waals surface area (Å²) in [5.41, 5.74) is -1.25. The van der Waals surface area contributed by atoms with Crippen LogP contribution < -0.4 is 10.2 Å². The molecule has 3 aromatic rings. The third-order valence-electron chi connectivity index (χ3n) is 4.45. The van der Waals surface area contributed by atoms with Gasteiger partial charge in [-0.3, -0.25) is 19.8 Å². The van der Waals surface area contributed by atoms with Gasteiger partial charge in [0.1, 0.15) is 5.57 Å². The maximum Gasteiger partial charge on any atom is 0.416 e. The number of alkyl halides is 3. The van der Waals surface area contributed by atoms with Gasteiger partial charge in [0.2, 0.25) is 0 Å². The standard InChI is InChI=1S/C22H12ClF3N2O2S3/c23-13-4-6-15(7-5-13)32-18-9-8-16(33-18)11-17-19(29)27-21(31)28(20(17)30)14-3-1-2-12(10-14)22(24,25)26/h1-11H,(H,27,29,31)/b17-11+. The highest BCUT2D eigenvalue weighted by Crippen LogP contribution is 2.36. The molecule has 0 saturated carbocycles. The Labute approximate surface area is 205 Å². The average molecular weight is 525 g/mol. The summed E-state index contributed by atoms with van der Waals surface area (Å²) >= 11 is 13.8. The first kappa shape index (κ1) is 23.5.